The molecule has 0 heterocycles. The van der Waals surface area contributed by atoms with E-state index in [-0.39, 0.29) is 23.7 Å². The molecule has 13 heteroatoms. The van der Waals surface area contributed by atoms with Crippen LogP contribution in [-0.4, -0.2) is 81.3 Å². The maximum absolute atomic E-state index is 12.8. The van der Waals surface area contributed by atoms with Crippen molar-refractivity contribution in [2.75, 3.05) is 18.1 Å². The molecule has 1 rings (SSSR count). The van der Waals surface area contributed by atoms with E-state index in [0.717, 1.165) is 0 Å². The van der Waals surface area contributed by atoms with Crippen molar-refractivity contribution >= 4 is 48.9 Å². The van der Waals surface area contributed by atoms with Crippen molar-refractivity contribution in [1.29, 1.82) is 0 Å². The van der Waals surface area contributed by atoms with Crippen LogP contribution in [0.2, 0.25) is 0 Å². The lowest BCUT2D eigenvalue weighted by Gasteiger charge is -2.24. The van der Waals surface area contributed by atoms with Crippen LogP contribution < -0.4 is 21.7 Å². The quantitative estimate of drug-likeness (QED) is 0.150. The molecule has 0 aliphatic heterocycles. The molecule has 3 amide bonds. The molecule has 0 radical (unpaired) electrons. The van der Waals surface area contributed by atoms with Crippen molar-refractivity contribution in [1.82, 2.24) is 16.0 Å². The van der Waals surface area contributed by atoms with Crippen LogP contribution in [0.4, 0.5) is 0 Å². The molecular formula is C18H26N4O7S2. The highest BCUT2D eigenvalue weighted by atomic mass is 32.1. The van der Waals surface area contributed by atoms with Crippen LogP contribution in [0.15, 0.2) is 24.3 Å². The van der Waals surface area contributed by atoms with Crippen LogP contribution in [0.1, 0.15) is 5.56 Å². The molecule has 1 aromatic carbocycles. The number of hydrogen-bond donors (Lipinski definition) is 9. The van der Waals surface area contributed by atoms with Crippen molar-refractivity contribution < 1.29 is 34.5 Å². The minimum atomic E-state index is -1.55. The van der Waals surface area contributed by atoms with E-state index in [1.807, 2.05) is 0 Å². The number of carboxylic acids is 1. The Morgan fingerprint density at radius 3 is 1.87 bits per heavy atom. The number of carbonyl (C=O) groups is 4. The van der Waals surface area contributed by atoms with Crippen LogP contribution >= 0.6 is 25.3 Å². The number of thiol groups is 2. The summed E-state index contributed by atoms with van der Waals surface area (Å²) in [5, 5.41) is 34.4. The summed E-state index contributed by atoms with van der Waals surface area (Å²) in [6, 6.07) is 1.06. The second-order valence-electron chi connectivity index (χ2n) is 6.55. The van der Waals surface area contributed by atoms with Crippen molar-refractivity contribution in [3.05, 3.63) is 29.8 Å². The molecule has 0 aliphatic rings. The van der Waals surface area contributed by atoms with E-state index in [9.17, 15) is 24.3 Å². The van der Waals surface area contributed by atoms with E-state index >= 15 is 0 Å². The van der Waals surface area contributed by atoms with E-state index in [0.29, 0.717) is 5.56 Å². The first kappa shape index (κ1) is 26.6. The van der Waals surface area contributed by atoms with Gasteiger partial charge in [-0.1, -0.05) is 12.1 Å². The fourth-order valence-corrected chi connectivity index (χ4v) is 2.79. The Morgan fingerprint density at radius 2 is 1.39 bits per heavy atom. The summed E-state index contributed by atoms with van der Waals surface area (Å²) in [6.45, 7) is -0.838. The molecule has 0 bridgehead atoms. The predicted octanol–water partition coefficient (Wildman–Crippen LogP) is -2.35. The van der Waals surface area contributed by atoms with Crippen LogP contribution in [0.3, 0.4) is 0 Å². The van der Waals surface area contributed by atoms with Gasteiger partial charge in [-0.05, 0) is 17.7 Å². The normalized spacial score (nSPS) is 14.6. The zero-order valence-electron chi connectivity index (χ0n) is 16.4. The fraction of sp³-hybridized carbons (Fsp3) is 0.444. The van der Waals surface area contributed by atoms with Gasteiger partial charge in [-0.15, -0.1) is 0 Å². The standard InChI is InChI=1S/C18H26N4O7S2/c19-11(7-30)15(25)20-12(5-9-1-3-10(24)4-2-9)16(26)22-14(8-31)17(27)21-13(6-23)18(28)29/h1-4,11-14,23-24,30-31H,5-8,19H2,(H,20,25)(H,21,27)(H,22,26)(H,28,29). The molecule has 172 valence electrons. The minimum Gasteiger partial charge on any atom is -0.508 e. The van der Waals surface area contributed by atoms with Crippen LogP contribution in [-0.2, 0) is 25.6 Å². The number of phenolic OH excluding ortho intramolecular Hbond substituents is 1. The molecule has 0 fully saturated rings. The molecule has 4 atom stereocenters. The largest absolute Gasteiger partial charge is 0.508 e. The first-order valence-corrected chi connectivity index (χ1v) is 10.4. The third-order valence-electron chi connectivity index (χ3n) is 4.16. The Labute approximate surface area is 189 Å². The van der Waals surface area contributed by atoms with Gasteiger partial charge in [0.1, 0.15) is 23.9 Å². The monoisotopic (exact) mass is 474 g/mol. The molecule has 0 spiro atoms. The summed E-state index contributed by atoms with van der Waals surface area (Å²) in [5.41, 5.74) is 6.25. The molecular weight excluding hydrogens is 448 g/mol. The lowest BCUT2D eigenvalue weighted by Crippen LogP contribution is -2.58. The van der Waals surface area contributed by atoms with Crippen LogP contribution in [0.5, 0.6) is 5.75 Å². The number of carboxylic acid groups (broad SMARTS) is 1. The molecule has 11 nitrogen and oxygen atoms in total. The number of aliphatic carboxylic acids is 1. The molecule has 1 aromatic rings. The summed E-state index contributed by atoms with van der Waals surface area (Å²) in [4.78, 5) is 48.3. The van der Waals surface area contributed by atoms with Gasteiger partial charge in [0, 0.05) is 17.9 Å². The van der Waals surface area contributed by atoms with Gasteiger partial charge in [0.25, 0.3) is 0 Å². The Kier molecular flexibility index (Phi) is 11.2. The Bertz CT molecular complexity index is 779. The predicted molar refractivity (Wildman–Crippen MR) is 118 cm³/mol. The third-order valence-corrected chi connectivity index (χ3v) is 4.91. The first-order valence-electron chi connectivity index (χ1n) is 9.12. The molecule has 0 saturated heterocycles. The highest BCUT2D eigenvalue weighted by Gasteiger charge is 2.29. The Balaban J connectivity index is 2.97. The summed E-state index contributed by atoms with van der Waals surface area (Å²) in [6.07, 6.45) is 0.0203. The van der Waals surface area contributed by atoms with Gasteiger partial charge in [-0.25, -0.2) is 4.79 Å². The maximum atomic E-state index is 12.8. The number of aliphatic hydroxyl groups is 1. The number of hydrogen-bond acceptors (Lipinski definition) is 9. The summed E-state index contributed by atoms with van der Waals surface area (Å²) < 4.78 is 0. The lowest BCUT2D eigenvalue weighted by atomic mass is 10.0. The number of amides is 3. The zero-order chi connectivity index (χ0) is 23.6. The SMILES string of the molecule is NC(CS)C(=O)NC(Cc1ccc(O)cc1)C(=O)NC(CS)C(=O)NC(CO)C(=O)O. The van der Waals surface area contributed by atoms with Gasteiger partial charge in [0.15, 0.2) is 0 Å². The van der Waals surface area contributed by atoms with Gasteiger partial charge < -0.3 is 37.0 Å². The number of phenols is 1. The molecule has 4 unspecified atom stereocenters. The van der Waals surface area contributed by atoms with Gasteiger partial charge in [0.2, 0.25) is 17.7 Å². The molecule has 0 aromatic heterocycles. The van der Waals surface area contributed by atoms with Gasteiger partial charge in [0.05, 0.1) is 12.6 Å². The average Bonchev–Trinajstić information content (AvgIpc) is 2.75. The topological polar surface area (TPSA) is 191 Å². The zero-order valence-corrected chi connectivity index (χ0v) is 18.2. The first-order chi connectivity index (χ1) is 14.6. The average molecular weight is 475 g/mol. The van der Waals surface area contributed by atoms with Crippen molar-refractivity contribution in [3.63, 3.8) is 0 Å². The molecule has 0 aliphatic carbocycles. The molecule has 8 N–H and O–H groups in total. The van der Waals surface area contributed by atoms with Gasteiger partial charge >= 0.3 is 5.97 Å². The maximum Gasteiger partial charge on any atom is 0.328 e. The lowest BCUT2D eigenvalue weighted by molar-refractivity contribution is -0.143. The van der Waals surface area contributed by atoms with E-state index in [1.165, 1.54) is 12.1 Å². The Hall–Kier alpha value is -2.48. The number of rotatable bonds is 12. The second kappa shape index (κ2) is 13.0. The molecule has 31 heavy (non-hydrogen) atoms. The van der Waals surface area contributed by atoms with Gasteiger partial charge in [-0.2, -0.15) is 25.3 Å². The highest BCUT2D eigenvalue weighted by molar-refractivity contribution is 7.80. The summed E-state index contributed by atoms with van der Waals surface area (Å²) in [7, 11) is 0. The summed E-state index contributed by atoms with van der Waals surface area (Å²) >= 11 is 7.95. The Morgan fingerprint density at radius 1 is 0.871 bits per heavy atom. The van der Waals surface area contributed by atoms with Gasteiger partial charge in [-0.3, -0.25) is 14.4 Å². The smallest absolute Gasteiger partial charge is 0.328 e. The van der Waals surface area contributed by atoms with Crippen LogP contribution in [0, 0.1) is 0 Å². The molecule has 0 saturated carbocycles. The van der Waals surface area contributed by atoms with Crippen molar-refractivity contribution in [3.8, 4) is 5.75 Å². The van der Waals surface area contributed by atoms with Crippen molar-refractivity contribution in [2.45, 2.75) is 30.6 Å². The second-order valence-corrected chi connectivity index (χ2v) is 7.28. The number of carbonyl (C=O) groups excluding carboxylic acids is 3. The van der Waals surface area contributed by atoms with E-state index in [4.69, 9.17) is 15.9 Å². The summed E-state index contributed by atoms with van der Waals surface area (Å²) in [5.74, 6) is -3.80. The highest BCUT2D eigenvalue weighted by Crippen LogP contribution is 2.12. The number of aromatic hydroxyl groups is 1. The number of benzene rings is 1. The van der Waals surface area contributed by atoms with Crippen molar-refractivity contribution in [2.24, 2.45) is 5.73 Å². The minimum absolute atomic E-state index is 0.0203. The number of nitrogens with one attached hydrogen (secondary N) is 3. The van der Waals surface area contributed by atoms with E-state index < -0.39 is 54.5 Å². The van der Waals surface area contributed by atoms with E-state index in [2.05, 4.69) is 41.2 Å². The fourth-order valence-electron chi connectivity index (χ4n) is 2.36. The number of aliphatic hydroxyl groups excluding tert-OH is 1. The van der Waals surface area contributed by atoms with E-state index in [1.54, 1.807) is 12.1 Å². The van der Waals surface area contributed by atoms with Crippen LogP contribution in [0.25, 0.3) is 0 Å². The number of nitrogens with two attached hydrogens (primary N) is 1. The third kappa shape index (κ3) is 8.65.